The van der Waals surface area contributed by atoms with Crippen molar-refractivity contribution in [1.29, 1.82) is 0 Å². The lowest BCUT2D eigenvalue weighted by Gasteiger charge is -2.31. The molecule has 94 valence electrons. The molecule has 4 heteroatoms. The van der Waals surface area contributed by atoms with Crippen LogP contribution in [0.1, 0.15) is 31.7 Å². The molecule has 0 saturated carbocycles. The van der Waals surface area contributed by atoms with Gasteiger partial charge in [-0.2, -0.15) is 0 Å². The first-order valence-electron chi connectivity index (χ1n) is 6.27. The van der Waals surface area contributed by atoms with Crippen LogP contribution in [0.2, 0.25) is 0 Å². The molecule has 2 heterocycles. The van der Waals surface area contributed by atoms with Crippen LogP contribution in [0.4, 0.5) is 5.69 Å². The highest BCUT2D eigenvalue weighted by molar-refractivity contribution is 5.96. The highest BCUT2D eigenvalue weighted by Gasteiger charge is 2.48. The lowest BCUT2D eigenvalue weighted by Crippen LogP contribution is -2.48. The van der Waals surface area contributed by atoms with Crippen molar-refractivity contribution in [3.8, 4) is 0 Å². The van der Waals surface area contributed by atoms with Gasteiger partial charge < -0.3 is 4.90 Å². The molecule has 1 saturated heterocycles. The van der Waals surface area contributed by atoms with Crippen LogP contribution in [0, 0.1) is 0 Å². The Bertz CT molecular complexity index is 526. The number of likely N-dealkylation sites (tertiary alicyclic amines) is 1. The van der Waals surface area contributed by atoms with Crippen molar-refractivity contribution in [3.05, 3.63) is 29.8 Å². The topological polar surface area (TPSA) is 40.6 Å². The van der Waals surface area contributed by atoms with E-state index in [2.05, 4.69) is 6.07 Å². The zero-order valence-corrected chi connectivity index (χ0v) is 10.6. The summed E-state index contributed by atoms with van der Waals surface area (Å²) in [6.07, 6.45) is 0.822. The van der Waals surface area contributed by atoms with Gasteiger partial charge in [0.25, 0.3) is 0 Å². The number of nitrogens with zero attached hydrogens (tertiary/aromatic N) is 2. The molecule has 0 aliphatic carbocycles. The van der Waals surface area contributed by atoms with Crippen LogP contribution >= 0.6 is 0 Å². The van der Waals surface area contributed by atoms with Crippen LogP contribution in [0.3, 0.4) is 0 Å². The van der Waals surface area contributed by atoms with E-state index in [0.717, 1.165) is 18.7 Å². The van der Waals surface area contributed by atoms with E-state index >= 15 is 0 Å². The molecule has 1 aromatic rings. The van der Waals surface area contributed by atoms with Crippen molar-refractivity contribution >= 4 is 17.5 Å². The number of anilines is 1. The summed E-state index contributed by atoms with van der Waals surface area (Å²) in [6.45, 7) is 3.88. The number of hydrogen-bond donors (Lipinski definition) is 0. The highest BCUT2D eigenvalue weighted by Crippen LogP contribution is 2.47. The summed E-state index contributed by atoms with van der Waals surface area (Å²) in [5.74, 6) is 0.318. The SMILES string of the molecule is CC(=O)N1CCC2c3ccccc3N(C(C)=O)C21. The van der Waals surface area contributed by atoms with Crippen LogP contribution in [0.5, 0.6) is 0 Å². The molecule has 1 fully saturated rings. The maximum absolute atomic E-state index is 11.9. The molecular weight excluding hydrogens is 228 g/mol. The van der Waals surface area contributed by atoms with Gasteiger partial charge in [0, 0.05) is 32.0 Å². The minimum absolute atomic E-state index is 0.00287. The van der Waals surface area contributed by atoms with Gasteiger partial charge >= 0.3 is 0 Å². The van der Waals surface area contributed by atoms with Crippen LogP contribution in [-0.2, 0) is 9.59 Å². The number of carbonyl (C=O) groups excluding carboxylic acids is 2. The molecule has 2 amide bonds. The molecule has 2 atom stereocenters. The van der Waals surface area contributed by atoms with Crippen LogP contribution in [-0.4, -0.2) is 29.4 Å². The number of para-hydroxylation sites is 1. The van der Waals surface area contributed by atoms with Gasteiger partial charge in [0.2, 0.25) is 11.8 Å². The van der Waals surface area contributed by atoms with Gasteiger partial charge in [-0.3, -0.25) is 14.5 Å². The molecule has 2 aliphatic heterocycles. The van der Waals surface area contributed by atoms with Crippen LogP contribution in [0.15, 0.2) is 24.3 Å². The Hall–Kier alpha value is -1.84. The van der Waals surface area contributed by atoms with E-state index in [0.29, 0.717) is 0 Å². The fraction of sp³-hybridized carbons (Fsp3) is 0.429. The summed E-state index contributed by atoms with van der Waals surface area (Å²) >= 11 is 0. The Balaban J connectivity index is 2.10. The Morgan fingerprint density at radius 2 is 1.89 bits per heavy atom. The molecule has 4 nitrogen and oxygen atoms in total. The molecule has 2 aliphatic rings. The molecule has 0 radical (unpaired) electrons. The van der Waals surface area contributed by atoms with Gasteiger partial charge in [-0.15, -0.1) is 0 Å². The zero-order valence-electron chi connectivity index (χ0n) is 10.6. The maximum atomic E-state index is 11.9. The predicted molar refractivity (Wildman–Crippen MR) is 68.1 cm³/mol. The largest absolute Gasteiger partial charge is 0.321 e. The summed E-state index contributed by atoms with van der Waals surface area (Å²) in [5, 5.41) is 0. The van der Waals surface area contributed by atoms with Crippen molar-refractivity contribution in [2.45, 2.75) is 32.4 Å². The standard InChI is InChI=1S/C14H16N2O2/c1-9(17)15-8-7-12-11-5-3-4-6-13(11)16(10(2)18)14(12)15/h3-6,12,14H,7-8H2,1-2H3. The first-order valence-corrected chi connectivity index (χ1v) is 6.27. The summed E-state index contributed by atoms with van der Waals surface area (Å²) in [4.78, 5) is 27.2. The third kappa shape index (κ3) is 1.38. The third-order valence-electron chi connectivity index (χ3n) is 3.96. The molecule has 0 aromatic heterocycles. The van der Waals surface area contributed by atoms with Crippen molar-refractivity contribution in [2.75, 3.05) is 11.4 Å². The molecule has 2 unspecified atom stereocenters. The lowest BCUT2D eigenvalue weighted by atomic mass is 9.99. The minimum atomic E-state index is -0.114. The highest BCUT2D eigenvalue weighted by atomic mass is 16.2. The molecule has 1 aromatic carbocycles. The Labute approximate surface area is 106 Å². The molecular formula is C14H16N2O2. The van der Waals surface area contributed by atoms with E-state index < -0.39 is 0 Å². The monoisotopic (exact) mass is 244 g/mol. The van der Waals surface area contributed by atoms with Gasteiger partial charge in [-0.25, -0.2) is 0 Å². The van der Waals surface area contributed by atoms with Crippen molar-refractivity contribution in [1.82, 2.24) is 4.90 Å². The Morgan fingerprint density at radius 3 is 2.56 bits per heavy atom. The maximum Gasteiger partial charge on any atom is 0.225 e. The number of hydrogen-bond acceptors (Lipinski definition) is 2. The Morgan fingerprint density at radius 1 is 1.17 bits per heavy atom. The zero-order chi connectivity index (χ0) is 12.9. The fourth-order valence-corrected chi connectivity index (χ4v) is 3.27. The summed E-state index contributed by atoms with van der Waals surface area (Å²) < 4.78 is 0. The summed E-state index contributed by atoms with van der Waals surface area (Å²) in [6, 6.07) is 7.97. The van der Waals surface area contributed by atoms with E-state index in [1.807, 2.05) is 23.1 Å². The molecule has 0 N–H and O–H groups in total. The summed E-state index contributed by atoms with van der Waals surface area (Å²) in [7, 11) is 0. The van der Waals surface area contributed by atoms with Crippen LogP contribution < -0.4 is 4.90 Å². The van der Waals surface area contributed by atoms with Crippen molar-refractivity contribution in [2.24, 2.45) is 0 Å². The smallest absolute Gasteiger partial charge is 0.225 e. The second kappa shape index (κ2) is 3.83. The first kappa shape index (κ1) is 11.3. The van der Waals surface area contributed by atoms with E-state index in [9.17, 15) is 9.59 Å². The number of amides is 2. The predicted octanol–water partition coefficient (Wildman–Crippen LogP) is 1.72. The van der Waals surface area contributed by atoms with E-state index in [1.165, 1.54) is 5.56 Å². The van der Waals surface area contributed by atoms with E-state index in [1.54, 1.807) is 18.7 Å². The average Bonchev–Trinajstić information content (AvgIpc) is 2.85. The van der Waals surface area contributed by atoms with Gasteiger partial charge in [-0.1, -0.05) is 18.2 Å². The molecule has 3 rings (SSSR count). The second-order valence-electron chi connectivity index (χ2n) is 4.97. The van der Waals surface area contributed by atoms with Gasteiger partial charge in [0.15, 0.2) is 0 Å². The number of benzene rings is 1. The third-order valence-corrected chi connectivity index (χ3v) is 3.96. The minimum Gasteiger partial charge on any atom is -0.321 e. The average molecular weight is 244 g/mol. The normalized spacial score (nSPS) is 25.0. The quantitative estimate of drug-likeness (QED) is 0.697. The van der Waals surface area contributed by atoms with Gasteiger partial charge in [-0.05, 0) is 18.1 Å². The van der Waals surface area contributed by atoms with Gasteiger partial charge in [0.1, 0.15) is 6.17 Å². The number of carbonyl (C=O) groups is 2. The molecule has 18 heavy (non-hydrogen) atoms. The molecule has 0 bridgehead atoms. The number of fused-ring (bicyclic) bond motifs is 3. The lowest BCUT2D eigenvalue weighted by molar-refractivity contribution is -0.130. The van der Waals surface area contributed by atoms with Crippen molar-refractivity contribution in [3.63, 3.8) is 0 Å². The van der Waals surface area contributed by atoms with Gasteiger partial charge in [0.05, 0.1) is 0 Å². The van der Waals surface area contributed by atoms with E-state index in [-0.39, 0.29) is 23.9 Å². The van der Waals surface area contributed by atoms with E-state index in [4.69, 9.17) is 0 Å². The second-order valence-corrected chi connectivity index (χ2v) is 4.97. The van der Waals surface area contributed by atoms with Crippen molar-refractivity contribution < 1.29 is 9.59 Å². The fourth-order valence-electron chi connectivity index (χ4n) is 3.27. The summed E-state index contributed by atoms with van der Waals surface area (Å²) in [5.41, 5.74) is 2.16. The first-order chi connectivity index (χ1) is 8.61. The molecule has 0 spiro atoms. The van der Waals surface area contributed by atoms with Crippen LogP contribution in [0.25, 0.3) is 0 Å². The number of rotatable bonds is 0. The Kier molecular flexibility index (Phi) is 2.40.